The molecule has 0 saturated heterocycles. The summed E-state index contributed by atoms with van der Waals surface area (Å²) in [6.07, 6.45) is 0.900. The van der Waals surface area contributed by atoms with Crippen molar-refractivity contribution in [1.29, 1.82) is 0 Å². The molecule has 2 rings (SSSR count). The summed E-state index contributed by atoms with van der Waals surface area (Å²) in [5, 5.41) is -0.245. The number of nitrogens with zero attached hydrogens (tertiary/aromatic N) is 1. The van der Waals surface area contributed by atoms with E-state index >= 15 is 0 Å². The second-order valence-electron chi connectivity index (χ2n) is 4.63. The first-order chi connectivity index (χ1) is 9.63. The van der Waals surface area contributed by atoms with Crippen LogP contribution in [-0.2, 0) is 20.7 Å². The fraction of sp³-hybridized carbons (Fsp3) is 0.467. The van der Waals surface area contributed by atoms with Crippen LogP contribution >= 0.6 is 11.8 Å². The van der Waals surface area contributed by atoms with Gasteiger partial charge >= 0.3 is 5.97 Å². The number of hydrogen-bond donors (Lipinski definition) is 0. The highest BCUT2D eigenvalue weighted by molar-refractivity contribution is 8.01. The van der Waals surface area contributed by atoms with Crippen molar-refractivity contribution in [3.05, 3.63) is 29.8 Å². The first kappa shape index (κ1) is 14.9. The Labute approximate surface area is 123 Å². The molecule has 1 aromatic rings. The Kier molecular flexibility index (Phi) is 5.06. The van der Waals surface area contributed by atoms with Crippen LogP contribution in [0.1, 0.15) is 19.4 Å². The molecule has 5 heteroatoms. The SMILES string of the molecule is CCOC(=O)CSC(C)C(=O)N1CCc2ccccc21. The van der Waals surface area contributed by atoms with E-state index in [-0.39, 0.29) is 22.9 Å². The number of amides is 1. The highest BCUT2D eigenvalue weighted by Gasteiger charge is 2.28. The van der Waals surface area contributed by atoms with Gasteiger partial charge in [0.2, 0.25) is 5.91 Å². The Bertz CT molecular complexity index is 504. The number of fused-ring (bicyclic) bond motifs is 1. The summed E-state index contributed by atoms with van der Waals surface area (Å²) >= 11 is 1.33. The van der Waals surface area contributed by atoms with Gasteiger partial charge in [-0.05, 0) is 31.9 Å². The molecule has 0 aromatic heterocycles. The number of thioether (sulfide) groups is 1. The number of benzene rings is 1. The van der Waals surface area contributed by atoms with E-state index in [0.717, 1.165) is 18.7 Å². The van der Waals surface area contributed by atoms with Crippen molar-refractivity contribution in [2.24, 2.45) is 0 Å². The van der Waals surface area contributed by atoms with Crippen molar-refractivity contribution in [2.45, 2.75) is 25.5 Å². The smallest absolute Gasteiger partial charge is 0.315 e. The summed E-state index contributed by atoms with van der Waals surface area (Å²) in [5.41, 5.74) is 2.21. The summed E-state index contributed by atoms with van der Waals surface area (Å²) in [4.78, 5) is 25.6. The summed E-state index contributed by atoms with van der Waals surface area (Å²) < 4.78 is 4.87. The monoisotopic (exact) mass is 293 g/mol. The van der Waals surface area contributed by atoms with Crippen LogP contribution in [0.2, 0.25) is 0 Å². The van der Waals surface area contributed by atoms with Crippen molar-refractivity contribution < 1.29 is 14.3 Å². The van der Waals surface area contributed by atoms with Crippen molar-refractivity contribution in [2.75, 3.05) is 23.8 Å². The quantitative estimate of drug-likeness (QED) is 0.781. The van der Waals surface area contributed by atoms with Gasteiger partial charge in [0.1, 0.15) is 0 Å². The fourth-order valence-electron chi connectivity index (χ4n) is 2.25. The van der Waals surface area contributed by atoms with Crippen molar-refractivity contribution in [1.82, 2.24) is 0 Å². The maximum Gasteiger partial charge on any atom is 0.315 e. The maximum atomic E-state index is 12.4. The highest BCUT2D eigenvalue weighted by atomic mass is 32.2. The van der Waals surface area contributed by atoms with Crippen LogP contribution in [0.15, 0.2) is 24.3 Å². The molecule has 0 aliphatic carbocycles. The zero-order chi connectivity index (χ0) is 14.5. The lowest BCUT2D eigenvalue weighted by molar-refractivity contribution is -0.139. The predicted molar refractivity (Wildman–Crippen MR) is 81.1 cm³/mol. The van der Waals surface area contributed by atoms with E-state index in [0.29, 0.717) is 6.61 Å². The number of carbonyl (C=O) groups excluding carboxylic acids is 2. The van der Waals surface area contributed by atoms with Gasteiger partial charge in [-0.15, -0.1) is 11.8 Å². The third-order valence-corrected chi connectivity index (χ3v) is 4.36. The Morgan fingerprint density at radius 1 is 1.40 bits per heavy atom. The molecule has 0 bridgehead atoms. The molecule has 20 heavy (non-hydrogen) atoms. The van der Waals surface area contributed by atoms with Gasteiger partial charge < -0.3 is 9.64 Å². The minimum Gasteiger partial charge on any atom is -0.465 e. The van der Waals surface area contributed by atoms with E-state index in [1.165, 1.54) is 17.3 Å². The second-order valence-corrected chi connectivity index (χ2v) is 5.96. The summed E-state index contributed by atoms with van der Waals surface area (Å²) in [6.45, 7) is 4.72. The molecule has 1 aromatic carbocycles. The molecule has 0 saturated carbocycles. The van der Waals surface area contributed by atoms with Gasteiger partial charge in [0.25, 0.3) is 0 Å². The lowest BCUT2D eigenvalue weighted by atomic mass is 10.2. The average Bonchev–Trinajstić information content (AvgIpc) is 2.88. The predicted octanol–water partition coefficient (Wildman–Crippen LogP) is 2.26. The molecular weight excluding hydrogens is 274 g/mol. The van der Waals surface area contributed by atoms with Crippen LogP contribution in [0.5, 0.6) is 0 Å². The Balaban J connectivity index is 1.93. The van der Waals surface area contributed by atoms with E-state index < -0.39 is 0 Å². The third kappa shape index (κ3) is 3.33. The number of anilines is 1. The Hall–Kier alpha value is -1.49. The minimum atomic E-state index is -0.265. The molecule has 0 fully saturated rings. The zero-order valence-electron chi connectivity index (χ0n) is 11.8. The normalized spacial score (nSPS) is 14.8. The summed E-state index contributed by atoms with van der Waals surface area (Å²) in [6, 6.07) is 7.97. The van der Waals surface area contributed by atoms with E-state index in [9.17, 15) is 9.59 Å². The van der Waals surface area contributed by atoms with Gasteiger partial charge in [0.05, 0.1) is 17.6 Å². The maximum absolute atomic E-state index is 12.4. The molecule has 1 heterocycles. The minimum absolute atomic E-state index is 0.0595. The van der Waals surface area contributed by atoms with Gasteiger partial charge in [-0.25, -0.2) is 0 Å². The highest BCUT2D eigenvalue weighted by Crippen LogP contribution is 2.29. The molecule has 0 spiro atoms. The van der Waals surface area contributed by atoms with Crippen molar-refractivity contribution in [3.63, 3.8) is 0 Å². The largest absolute Gasteiger partial charge is 0.465 e. The Morgan fingerprint density at radius 2 is 2.15 bits per heavy atom. The standard InChI is InChI=1S/C15H19NO3S/c1-3-19-14(17)10-20-11(2)15(18)16-9-8-12-6-4-5-7-13(12)16/h4-7,11H,3,8-10H2,1-2H3. The van der Waals surface area contributed by atoms with Gasteiger partial charge in [-0.1, -0.05) is 18.2 Å². The average molecular weight is 293 g/mol. The number of rotatable bonds is 5. The summed E-state index contributed by atoms with van der Waals surface area (Å²) in [7, 11) is 0. The third-order valence-electron chi connectivity index (χ3n) is 3.26. The van der Waals surface area contributed by atoms with Gasteiger partial charge in [-0.2, -0.15) is 0 Å². The van der Waals surface area contributed by atoms with E-state index in [1.54, 1.807) is 6.92 Å². The molecular formula is C15H19NO3S. The molecule has 1 atom stereocenters. The second kappa shape index (κ2) is 6.79. The number of carbonyl (C=O) groups is 2. The molecule has 1 aliphatic heterocycles. The molecule has 1 amide bonds. The van der Waals surface area contributed by atoms with E-state index in [1.807, 2.05) is 30.0 Å². The lowest BCUT2D eigenvalue weighted by Crippen LogP contribution is -2.35. The van der Waals surface area contributed by atoms with E-state index in [2.05, 4.69) is 6.07 Å². The first-order valence-corrected chi connectivity index (χ1v) is 7.85. The van der Waals surface area contributed by atoms with Crippen LogP contribution in [0.25, 0.3) is 0 Å². The number of esters is 1. The molecule has 4 nitrogen and oxygen atoms in total. The zero-order valence-corrected chi connectivity index (χ0v) is 12.6. The molecule has 0 radical (unpaired) electrons. The number of ether oxygens (including phenoxy) is 1. The van der Waals surface area contributed by atoms with Crippen LogP contribution in [0, 0.1) is 0 Å². The van der Waals surface area contributed by atoms with Crippen LogP contribution in [0.4, 0.5) is 5.69 Å². The fourth-order valence-corrected chi connectivity index (χ4v) is 2.99. The summed E-state index contributed by atoms with van der Waals surface area (Å²) in [5.74, 6) is 0.0131. The first-order valence-electron chi connectivity index (χ1n) is 6.80. The Morgan fingerprint density at radius 3 is 2.90 bits per heavy atom. The van der Waals surface area contributed by atoms with E-state index in [4.69, 9.17) is 4.74 Å². The van der Waals surface area contributed by atoms with Crippen LogP contribution in [0.3, 0.4) is 0 Å². The molecule has 108 valence electrons. The van der Waals surface area contributed by atoms with Crippen molar-refractivity contribution in [3.8, 4) is 0 Å². The molecule has 0 N–H and O–H groups in total. The van der Waals surface area contributed by atoms with Crippen LogP contribution < -0.4 is 4.90 Å². The van der Waals surface area contributed by atoms with Gasteiger partial charge in [0.15, 0.2) is 0 Å². The van der Waals surface area contributed by atoms with Crippen LogP contribution in [-0.4, -0.2) is 36.0 Å². The molecule has 1 aliphatic rings. The number of para-hydroxylation sites is 1. The van der Waals surface area contributed by atoms with Gasteiger partial charge in [0, 0.05) is 12.2 Å². The van der Waals surface area contributed by atoms with Gasteiger partial charge in [-0.3, -0.25) is 9.59 Å². The van der Waals surface area contributed by atoms with Crippen molar-refractivity contribution >= 4 is 29.3 Å². The lowest BCUT2D eigenvalue weighted by Gasteiger charge is -2.21. The number of hydrogen-bond acceptors (Lipinski definition) is 4. The molecule has 1 unspecified atom stereocenters. The topological polar surface area (TPSA) is 46.6 Å².